The molecule has 1 saturated carbocycles. The first-order valence-corrected chi connectivity index (χ1v) is 7.19. The van der Waals surface area contributed by atoms with E-state index in [1.54, 1.807) is 25.3 Å². The average Bonchev–Trinajstić information content (AvgIpc) is 3.31. The summed E-state index contributed by atoms with van der Waals surface area (Å²) >= 11 is 6.05. The van der Waals surface area contributed by atoms with Crippen molar-refractivity contribution in [2.75, 3.05) is 7.11 Å². The molecule has 2 aromatic rings. The summed E-state index contributed by atoms with van der Waals surface area (Å²) in [7, 11) is 1.60. The normalized spacial score (nSPS) is 15.9. The van der Waals surface area contributed by atoms with E-state index in [1.807, 2.05) is 18.2 Å². The van der Waals surface area contributed by atoms with E-state index in [-0.39, 0.29) is 0 Å². The quantitative estimate of drug-likeness (QED) is 0.908. The standard InChI is InChI=1S/C17H17ClO2/c1-20-16-9-8-12(18)10-15(16)17(19)14-5-3-2-4-13(14)11-6-7-11/h2-5,8-11,17,19H,6-7H2,1H3. The third-order valence-electron chi connectivity index (χ3n) is 3.79. The summed E-state index contributed by atoms with van der Waals surface area (Å²) in [6, 6.07) is 13.4. The Morgan fingerprint density at radius 2 is 1.90 bits per heavy atom. The Labute approximate surface area is 124 Å². The molecule has 2 nitrogen and oxygen atoms in total. The van der Waals surface area contributed by atoms with Gasteiger partial charge in [0.25, 0.3) is 0 Å². The van der Waals surface area contributed by atoms with Crippen LogP contribution in [0.25, 0.3) is 0 Å². The van der Waals surface area contributed by atoms with Gasteiger partial charge in [-0.3, -0.25) is 0 Å². The van der Waals surface area contributed by atoms with Crippen molar-refractivity contribution in [2.24, 2.45) is 0 Å². The average molecular weight is 289 g/mol. The molecule has 0 radical (unpaired) electrons. The van der Waals surface area contributed by atoms with Gasteiger partial charge in [-0.15, -0.1) is 0 Å². The molecule has 0 aliphatic heterocycles. The molecular formula is C17H17ClO2. The number of ether oxygens (including phenoxy) is 1. The lowest BCUT2D eigenvalue weighted by Crippen LogP contribution is -2.05. The van der Waals surface area contributed by atoms with Gasteiger partial charge in [0.1, 0.15) is 11.9 Å². The minimum atomic E-state index is -0.708. The number of hydrogen-bond donors (Lipinski definition) is 1. The van der Waals surface area contributed by atoms with Crippen molar-refractivity contribution >= 4 is 11.6 Å². The fourth-order valence-corrected chi connectivity index (χ4v) is 2.79. The van der Waals surface area contributed by atoms with Crippen LogP contribution in [0.5, 0.6) is 5.75 Å². The van der Waals surface area contributed by atoms with Gasteiger partial charge in [0.2, 0.25) is 0 Å². The molecule has 1 fully saturated rings. The van der Waals surface area contributed by atoms with Crippen LogP contribution in [0.4, 0.5) is 0 Å². The molecule has 3 heteroatoms. The Hall–Kier alpha value is -1.51. The molecule has 20 heavy (non-hydrogen) atoms. The van der Waals surface area contributed by atoms with Crippen LogP contribution in [0.2, 0.25) is 5.02 Å². The van der Waals surface area contributed by atoms with Gasteiger partial charge in [0.15, 0.2) is 0 Å². The molecule has 1 unspecified atom stereocenters. The molecule has 104 valence electrons. The summed E-state index contributed by atoms with van der Waals surface area (Å²) < 4.78 is 5.34. The van der Waals surface area contributed by atoms with Crippen molar-refractivity contribution in [1.29, 1.82) is 0 Å². The maximum absolute atomic E-state index is 10.7. The molecule has 3 rings (SSSR count). The molecule has 0 heterocycles. The maximum atomic E-state index is 10.7. The highest BCUT2D eigenvalue weighted by Crippen LogP contribution is 2.44. The second-order valence-corrected chi connectivity index (χ2v) is 5.63. The Morgan fingerprint density at radius 3 is 2.60 bits per heavy atom. The lowest BCUT2D eigenvalue weighted by molar-refractivity contribution is 0.213. The van der Waals surface area contributed by atoms with Gasteiger partial charge >= 0.3 is 0 Å². The van der Waals surface area contributed by atoms with Gasteiger partial charge < -0.3 is 9.84 Å². The van der Waals surface area contributed by atoms with Crippen LogP contribution < -0.4 is 4.74 Å². The van der Waals surface area contributed by atoms with Crippen molar-refractivity contribution in [3.8, 4) is 5.75 Å². The van der Waals surface area contributed by atoms with E-state index in [0.717, 1.165) is 5.56 Å². The van der Waals surface area contributed by atoms with Gasteiger partial charge in [0, 0.05) is 10.6 Å². The van der Waals surface area contributed by atoms with E-state index in [0.29, 0.717) is 22.3 Å². The smallest absolute Gasteiger partial charge is 0.125 e. The molecule has 0 amide bonds. The van der Waals surface area contributed by atoms with Gasteiger partial charge in [-0.1, -0.05) is 35.9 Å². The van der Waals surface area contributed by atoms with E-state index in [2.05, 4.69) is 6.07 Å². The summed E-state index contributed by atoms with van der Waals surface area (Å²) in [5, 5.41) is 11.3. The maximum Gasteiger partial charge on any atom is 0.125 e. The van der Waals surface area contributed by atoms with Crippen molar-refractivity contribution in [2.45, 2.75) is 24.9 Å². The predicted molar refractivity (Wildman–Crippen MR) is 80.5 cm³/mol. The number of rotatable bonds is 4. The Morgan fingerprint density at radius 1 is 1.15 bits per heavy atom. The fourth-order valence-electron chi connectivity index (χ4n) is 2.61. The minimum absolute atomic E-state index is 0.589. The monoisotopic (exact) mass is 288 g/mol. The zero-order valence-corrected chi connectivity index (χ0v) is 12.1. The summed E-state index contributed by atoms with van der Waals surface area (Å²) in [6.07, 6.45) is 1.70. The van der Waals surface area contributed by atoms with Crippen LogP contribution in [0, 0.1) is 0 Å². The third kappa shape index (κ3) is 2.54. The Kier molecular flexibility index (Phi) is 3.68. The van der Waals surface area contributed by atoms with E-state index >= 15 is 0 Å². The summed E-state index contributed by atoms with van der Waals surface area (Å²) in [5.74, 6) is 1.25. The van der Waals surface area contributed by atoms with Gasteiger partial charge in [-0.05, 0) is 48.1 Å². The lowest BCUT2D eigenvalue weighted by Gasteiger charge is -2.18. The first-order chi connectivity index (χ1) is 9.70. The third-order valence-corrected chi connectivity index (χ3v) is 4.03. The van der Waals surface area contributed by atoms with E-state index in [1.165, 1.54) is 18.4 Å². The molecular weight excluding hydrogens is 272 g/mol. The van der Waals surface area contributed by atoms with Crippen LogP contribution >= 0.6 is 11.6 Å². The van der Waals surface area contributed by atoms with E-state index < -0.39 is 6.10 Å². The van der Waals surface area contributed by atoms with Crippen LogP contribution in [-0.2, 0) is 0 Å². The molecule has 0 bridgehead atoms. The van der Waals surface area contributed by atoms with Crippen LogP contribution in [0.1, 0.15) is 41.6 Å². The second kappa shape index (κ2) is 5.47. The van der Waals surface area contributed by atoms with Crippen molar-refractivity contribution in [1.82, 2.24) is 0 Å². The van der Waals surface area contributed by atoms with Crippen molar-refractivity contribution in [3.63, 3.8) is 0 Å². The van der Waals surface area contributed by atoms with Crippen LogP contribution in [0.15, 0.2) is 42.5 Å². The largest absolute Gasteiger partial charge is 0.496 e. The first kappa shape index (κ1) is 13.5. The number of aliphatic hydroxyl groups excluding tert-OH is 1. The van der Waals surface area contributed by atoms with Crippen LogP contribution in [-0.4, -0.2) is 12.2 Å². The number of methoxy groups -OCH3 is 1. The van der Waals surface area contributed by atoms with Crippen molar-refractivity contribution in [3.05, 3.63) is 64.2 Å². The van der Waals surface area contributed by atoms with Crippen LogP contribution in [0.3, 0.4) is 0 Å². The summed E-state index contributed by atoms with van der Waals surface area (Å²) in [4.78, 5) is 0. The number of aliphatic hydroxyl groups is 1. The Bertz CT molecular complexity index is 620. The number of benzene rings is 2. The first-order valence-electron chi connectivity index (χ1n) is 6.81. The zero-order valence-electron chi connectivity index (χ0n) is 11.3. The van der Waals surface area contributed by atoms with Crippen molar-refractivity contribution < 1.29 is 9.84 Å². The molecule has 1 aliphatic rings. The molecule has 0 aromatic heterocycles. The molecule has 2 aromatic carbocycles. The van der Waals surface area contributed by atoms with Gasteiger partial charge in [-0.25, -0.2) is 0 Å². The highest BCUT2D eigenvalue weighted by atomic mass is 35.5. The molecule has 1 N–H and O–H groups in total. The summed E-state index contributed by atoms with van der Waals surface area (Å²) in [5.41, 5.74) is 2.91. The fraction of sp³-hybridized carbons (Fsp3) is 0.294. The highest BCUT2D eigenvalue weighted by Gasteiger charge is 2.28. The van der Waals surface area contributed by atoms with E-state index in [9.17, 15) is 5.11 Å². The SMILES string of the molecule is COc1ccc(Cl)cc1C(O)c1ccccc1C1CC1. The lowest BCUT2D eigenvalue weighted by atomic mass is 9.94. The highest BCUT2D eigenvalue weighted by molar-refractivity contribution is 6.30. The molecule has 0 spiro atoms. The molecule has 1 atom stereocenters. The molecule has 0 saturated heterocycles. The second-order valence-electron chi connectivity index (χ2n) is 5.19. The predicted octanol–water partition coefficient (Wildman–Crippen LogP) is 4.31. The summed E-state index contributed by atoms with van der Waals surface area (Å²) in [6.45, 7) is 0. The minimum Gasteiger partial charge on any atom is -0.496 e. The molecule has 1 aliphatic carbocycles. The van der Waals surface area contributed by atoms with Gasteiger partial charge in [0.05, 0.1) is 7.11 Å². The Balaban J connectivity index is 2.04. The van der Waals surface area contributed by atoms with E-state index in [4.69, 9.17) is 16.3 Å². The van der Waals surface area contributed by atoms with Gasteiger partial charge in [-0.2, -0.15) is 0 Å². The zero-order chi connectivity index (χ0) is 14.1. The number of halogens is 1. The topological polar surface area (TPSA) is 29.5 Å². The number of hydrogen-bond acceptors (Lipinski definition) is 2.